The Balaban J connectivity index is 1.95. The van der Waals surface area contributed by atoms with Gasteiger partial charge < -0.3 is 14.5 Å². The summed E-state index contributed by atoms with van der Waals surface area (Å²) in [4.78, 5) is 8.27. The molecule has 0 aliphatic rings. The van der Waals surface area contributed by atoms with Crippen molar-refractivity contribution in [3.63, 3.8) is 0 Å². The summed E-state index contributed by atoms with van der Waals surface area (Å²) in [5.41, 5.74) is 2.45. The van der Waals surface area contributed by atoms with E-state index in [4.69, 9.17) is 4.74 Å². The lowest BCUT2D eigenvalue weighted by molar-refractivity contribution is -0.0498. The van der Waals surface area contributed by atoms with Crippen LogP contribution in [0.2, 0.25) is 0 Å². The van der Waals surface area contributed by atoms with Crippen molar-refractivity contribution in [2.75, 3.05) is 20.3 Å². The summed E-state index contributed by atoms with van der Waals surface area (Å²) in [5, 5.41) is 6.44. The molecule has 0 fully saturated rings. The number of benzene rings is 1. The minimum absolute atomic E-state index is 0.107. The van der Waals surface area contributed by atoms with Crippen LogP contribution < -0.4 is 9.54 Å². The van der Waals surface area contributed by atoms with Crippen LogP contribution in [-0.4, -0.2) is 42.7 Å². The fourth-order valence-corrected chi connectivity index (χ4v) is 3.17. The second-order valence-corrected chi connectivity index (χ2v) is 6.20. The molecule has 0 amide bonds. The maximum absolute atomic E-state index is 12.3. The fourth-order valence-electron chi connectivity index (χ4n) is 2.30. The summed E-state index contributed by atoms with van der Waals surface area (Å²) in [6.07, 6.45) is 3.51. The largest absolute Gasteiger partial charge is 0.435 e. The quantitative estimate of drug-likeness (QED) is 0.470. The van der Waals surface area contributed by atoms with Crippen molar-refractivity contribution < 1.29 is 18.3 Å². The lowest BCUT2D eigenvalue weighted by Crippen LogP contribution is -2.13. The molecule has 0 aliphatic heterocycles. The van der Waals surface area contributed by atoms with Gasteiger partial charge in [-0.15, -0.1) is 11.3 Å². The first-order valence-corrected chi connectivity index (χ1v) is 8.98. The SMILES string of the molecule is COCCN=c1scc(-c2ccc(OC(F)F)cc2)n1/N=C/c1ccc[nH]1. The first-order chi connectivity index (χ1) is 13.2. The Morgan fingerprint density at radius 3 is 2.74 bits per heavy atom. The summed E-state index contributed by atoms with van der Waals surface area (Å²) in [6, 6.07) is 10.2. The molecule has 6 nitrogen and oxygen atoms in total. The summed E-state index contributed by atoms with van der Waals surface area (Å²) in [7, 11) is 1.62. The van der Waals surface area contributed by atoms with Gasteiger partial charge in [0.2, 0.25) is 4.80 Å². The first kappa shape index (κ1) is 19.0. The Morgan fingerprint density at radius 1 is 1.26 bits per heavy atom. The van der Waals surface area contributed by atoms with E-state index in [9.17, 15) is 8.78 Å². The number of rotatable bonds is 8. The highest BCUT2D eigenvalue weighted by Crippen LogP contribution is 2.24. The number of hydrogen-bond acceptors (Lipinski definition) is 5. The molecule has 0 unspecified atom stereocenters. The van der Waals surface area contributed by atoms with E-state index in [2.05, 4.69) is 19.8 Å². The molecule has 0 aliphatic carbocycles. The molecule has 2 heterocycles. The number of methoxy groups -OCH3 is 1. The van der Waals surface area contributed by atoms with E-state index in [1.807, 2.05) is 23.7 Å². The highest BCUT2D eigenvalue weighted by atomic mass is 32.1. The summed E-state index contributed by atoms with van der Waals surface area (Å²) in [6.45, 7) is -1.83. The zero-order chi connectivity index (χ0) is 19.1. The van der Waals surface area contributed by atoms with Gasteiger partial charge in [0.25, 0.3) is 0 Å². The summed E-state index contributed by atoms with van der Waals surface area (Å²) >= 11 is 1.44. The molecule has 0 bridgehead atoms. The van der Waals surface area contributed by atoms with Gasteiger partial charge in [-0.1, -0.05) is 0 Å². The van der Waals surface area contributed by atoms with Crippen molar-refractivity contribution in [1.82, 2.24) is 9.66 Å². The first-order valence-electron chi connectivity index (χ1n) is 8.10. The second kappa shape index (κ2) is 9.24. The molecule has 3 aromatic rings. The third-order valence-electron chi connectivity index (χ3n) is 3.54. The number of hydrogen-bond donors (Lipinski definition) is 1. The van der Waals surface area contributed by atoms with Crippen molar-refractivity contribution in [3.05, 3.63) is 58.5 Å². The molecule has 1 aromatic carbocycles. The number of aromatic nitrogens is 2. The van der Waals surface area contributed by atoms with Crippen LogP contribution >= 0.6 is 11.3 Å². The zero-order valence-corrected chi connectivity index (χ0v) is 15.3. The van der Waals surface area contributed by atoms with Crippen molar-refractivity contribution in [2.24, 2.45) is 10.1 Å². The van der Waals surface area contributed by atoms with Crippen LogP contribution in [0.5, 0.6) is 5.75 Å². The summed E-state index contributed by atoms with van der Waals surface area (Å²) < 4.78 is 35.8. The minimum Gasteiger partial charge on any atom is -0.435 e. The number of nitrogens with one attached hydrogen (secondary N) is 1. The number of halogens is 2. The minimum atomic E-state index is -2.85. The van der Waals surface area contributed by atoms with E-state index in [0.29, 0.717) is 18.0 Å². The molecule has 0 spiro atoms. The number of nitrogens with zero attached hydrogens (tertiary/aromatic N) is 3. The van der Waals surface area contributed by atoms with Crippen LogP contribution in [0.15, 0.2) is 58.1 Å². The fraction of sp³-hybridized carbons (Fsp3) is 0.222. The van der Waals surface area contributed by atoms with Gasteiger partial charge in [0.1, 0.15) is 5.75 Å². The van der Waals surface area contributed by atoms with Crippen LogP contribution in [0.1, 0.15) is 5.69 Å². The van der Waals surface area contributed by atoms with Gasteiger partial charge in [-0.05, 0) is 36.4 Å². The molecule has 0 saturated carbocycles. The van der Waals surface area contributed by atoms with Gasteiger partial charge in [0, 0.05) is 24.3 Å². The molecule has 27 heavy (non-hydrogen) atoms. The van der Waals surface area contributed by atoms with Gasteiger partial charge in [-0.3, -0.25) is 4.99 Å². The maximum atomic E-state index is 12.3. The predicted molar refractivity (Wildman–Crippen MR) is 100 cm³/mol. The van der Waals surface area contributed by atoms with Gasteiger partial charge in [0.05, 0.1) is 30.8 Å². The van der Waals surface area contributed by atoms with E-state index >= 15 is 0 Å². The third-order valence-corrected chi connectivity index (χ3v) is 4.39. The van der Waals surface area contributed by atoms with Crippen LogP contribution in [0.25, 0.3) is 11.3 Å². The van der Waals surface area contributed by atoms with Crippen molar-refractivity contribution in [1.29, 1.82) is 0 Å². The number of thiazole rings is 1. The highest BCUT2D eigenvalue weighted by molar-refractivity contribution is 7.07. The van der Waals surface area contributed by atoms with E-state index in [1.165, 1.54) is 23.5 Å². The van der Waals surface area contributed by atoms with Crippen molar-refractivity contribution >= 4 is 17.6 Å². The number of ether oxygens (including phenoxy) is 2. The zero-order valence-electron chi connectivity index (χ0n) is 14.5. The molecular formula is C18H18F2N4O2S. The lowest BCUT2D eigenvalue weighted by atomic mass is 10.2. The predicted octanol–water partition coefficient (Wildman–Crippen LogP) is 3.58. The standard InChI is InChI=1S/C18H18F2N4O2S/c1-25-10-9-22-18-24(23-11-14-3-2-8-21-14)16(12-27-18)13-4-6-15(7-5-13)26-17(19)20/h2-8,11-12,17,21H,9-10H2,1H3/b22-18?,23-11+. The van der Waals surface area contributed by atoms with Crippen LogP contribution in [0.3, 0.4) is 0 Å². The average Bonchev–Trinajstić information content (AvgIpc) is 3.30. The molecule has 0 radical (unpaired) electrons. The van der Waals surface area contributed by atoms with Gasteiger partial charge in [-0.2, -0.15) is 13.9 Å². The van der Waals surface area contributed by atoms with Crippen molar-refractivity contribution in [3.8, 4) is 17.0 Å². The van der Waals surface area contributed by atoms with Crippen LogP contribution in [-0.2, 0) is 4.74 Å². The highest BCUT2D eigenvalue weighted by Gasteiger charge is 2.09. The molecule has 1 N–H and O–H groups in total. The molecule has 0 saturated heterocycles. The van der Waals surface area contributed by atoms with Gasteiger partial charge in [-0.25, -0.2) is 4.68 Å². The Labute approximate surface area is 158 Å². The van der Waals surface area contributed by atoms with E-state index < -0.39 is 6.61 Å². The topological polar surface area (TPSA) is 63.9 Å². The molecule has 0 atom stereocenters. The molecule has 3 rings (SSSR count). The Hall–Kier alpha value is -2.78. The Bertz CT molecular complexity index is 931. The van der Waals surface area contributed by atoms with Crippen molar-refractivity contribution in [2.45, 2.75) is 6.61 Å². The average molecular weight is 392 g/mol. The Morgan fingerprint density at radius 2 is 2.07 bits per heavy atom. The Kier molecular flexibility index (Phi) is 6.50. The van der Waals surface area contributed by atoms with E-state index in [1.54, 1.807) is 30.1 Å². The van der Waals surface area contributed by atoms with Crippen LogP contribution in [0.4, 0.5) is 8.78 Å². The third kappa shape index (κ3) is 5.11. The van der Waals surface area contributed by atoms with Gasteiger partial charge in [0.15, 0.2) is 0 Å². The number of aromatic amines is 1. The monoisotopic (exact) mass is 392 g/mol. The van der Waals surface area contributed by atoms with E-state index in [-0.39, 0.29) is 5.75 Å². The van der Waals surface area contributed by atoms with E-state index in [0.717, 1.165) is 17.0 Å². The molecule has 2 aromatic heterocycles. The molecule has 9 heteroatoms. The van der Waals surface area contributed by atoms with Crippen LogP contribution in [0, 0.1) is 0 Å². The lowest BCUT2D eigenvalue weighted by Gasteiger charge is -2.06. The maximum Gasteiger partial charge on any atom is 0.387 e. The number of alkyl halides is 2. The number of H-pyrrole nitrogens is 1. The smallest absolute Gasteiger partial charge is 0.387 e. The molecule has 142 valence electrons. The second-order valence-electron chi connectivity index (χ2n) is 5.36. The molecular weight excluding hydrogens is 374 g/mol. The van der Waals surface area contributed by atoms with Gasteiger partial charge >= 0.3 is 6.61 Å². The summed E-state index contributed by atoms with van der Waals surface area (Å²) in [5.74, 6) is 0.107. The normalized spacial score (nSPS) is 12.4.